The van der Waals surface area contributed by atoms with Crippen LogP contribution in [0.5, 0.6) is 0 Å². The van der Waals surface area contributed by atoms with Crippen molar-refractivity contribution >= 4 is 94.5 Å². The lowest BCUT2D eigenvalue weighted by Crippen LogP contribution is -2.60. The Morgan fingerprint density at radius 1 is 0.537 bits per heavy atom. The number of nitrogens with zero attached hydrogens (tertiary/aromatic N) is 3. The van der Waals surface area contributed by atoms with Crippen molar-refractivity contribution in [3.05, 3.63) is 71.8 Å². The zero-order valence-corrected chi connectivity index (χ0v) is 55.3. The molecule has 31 nitrogen and oxygen atoms in total. The number of unbranched alkanes of at least 4 members (excludes halogenated alkanes) is 1. The van der Waals surface area contributed by atoms with E-state index in [4.69, 9.17) is 40.1 Å². The fourth-order valence-corrected chi connectivity index (χ4v) is 11.5. The molecule has 4 rings (SSSR count). The van der Waals surface area contributed by atoms with E-state index in [1.54, 1.807) is 60.7 Å². The van der Waals surface area contributed by atoms with Crippen molar-refractivity contribution in [2.45, 2.75) is 183 Å². The largest absolute Gasteiger partial charge is 0.370 e. The summed E-state index contributed by atoms with van der Waals surface area (Å²) in [6.45, 7) is 3.86. The number of amides is 13. The molecule has 2 aliphatic heterocycles. The molecule has 0 spiro atoms. The number of primary amides is 3. The van der Waals surface area contributed by atoms with E-state index < -0.39 is 169 Å². The van der Waals surface area contributed by atoms with Gasteiger partial charge in [-0.1, -0.05) is 74.5 Å². The smallest absolute Gasteiger partial charge is 0.245 e. The van der Waals surface area contributed by atoms with Gasteiger partial charge in [-0.15, -0.1) is 0 Å². The summed E-state index contributed by atoms with van der Waals surface area (Å²) in [6, 6.07) is 4.51. The van der Waals surface area contributed by atoms with Crippen LogP contribution in [0.15, 0.2) is 65.7 Å². The number of nitrogens with one attached hydrogen (secondary N) is 8. The Morgan fingerprint density at radius 2 is 1.01 bits per heavy atom. The van der Waals surface area contributed by atoms with Crippen LogP contribution < -0.4 is 82.7 Å². The van der Waals surface area contributed by atoms with Gasteiger partial charge in [0.1, 0.15) is 54.4 Å². The van der Waals surface area contributed by atoms with Gasteiger partial charge in [0, 0.05) is 45.3 Å². The minimum atomic E-state index is -1.64. The van der Waals surface area contributed by atoms with E-state index in [1.807, 2.05) is 20.1 Å². The maximum atomic E-state index is 14.7. The van der Waals surface area contributed by atoms with E-state index in [2.05, 4.69) is 47.5 Å². The Morgan fingerprint density at radius 3 is 1.51 bits per heavy atom. The number of hydrogen-bond acceptors (Lipinski definition) is 17. The van der Waals surface area contributed by atoms with Crippen molar-refractivity contribution < 1.29 is 62.3 Å². The first kappa shape index (κ1) is 78.5. The number of aliphatic imine (C=N–C) groups is 1. The van der Waals surface area contributed by atoms with Crippen LogP contribution in [-0.2, 0) is 75.2 Å². The summed E-state index contributed by atoms with van der Waals surface area (Å²) in [5, 5.41) is 21.1. The Bertz CT molecular complexity index is 2960. The Labute approximate surface area is 558 Å². The van der Waals surface area contributed by atoms with Gasteiger partial charge in [-0.25, -0.2) is 0 Å². The molecule has 10 atom stereocenters. The number of nitrogens with two attached hydrogens (primary N) is 7. The molecule has 524 valence electrons. The van der Waals surface area contributed by atoms with Gasteiger partial charge < -0.3 is 92.5 Å². The van der Waals surface area contributed by atoms with Crippen LogP contribution in [0.1, 0.15) is 121 Å². The van der Waals surface area contributed by atoms with Crippen LogP contribution in [0.25, 0.3) is 0 Å². The highest BCUT2D eigenvalue weighted by atomic mass is 32.2. The average molecular weight is 1350 g/mol. The van der Waals surface area contributed by atoms with Crippen molar-refractivity contribution in [2.24, 2.45) is 51.0 Å². The standard InChI is InChI=1S/C63H98N18O13S/c1-37(2)33-45(57(89)74-41(53(68)85)27-32-95-3)73-52(84)36-72-54(86)46(34-38-15-6-4-7-16-38)78-58(90)47(35-39-17-8-5-9-18-39)79-56(88)42(23-25-50(66)82)75-55(87)43(24-26-51(67)83)76-59(91)49-22-14-31-81(49)62(94)44(20-10-11-28-64)77-60(92)48-21-13-30-80(48)61(93)40(65)19-12-29-71-63(69)70/h4-9,15-18,37,40-49H,10-14,19-36,64-65H2,1-3H3,(H2,66,82)(H2,67,83)(H2,68,85)(H,72,86)(H,73,84)(H,74,89)(H,75,87)(H,76,91)(H,77,92)(H,78,90)(H,79,88)(H4,69,70,71)/t40-,41+,42+,43+,44+,45+,46-,47-,48-,49-/m1/s1. The van der Waals surface area contributed by atoms with Crippen LogP contribution in [0.4, 0.5) is 0 Å². The zero-order chi connectivity index (χ0) is 70.1. The molecular formula is C63H98N18O13S. The highest BCUT2D eigenvalue weighted by Gasteiger charge is 2.42. The molecule has 0 aromatic heterocycles. The minimum absolute atomic E-state index is 0.0736. The molecule has 2 aromatic carbocycles. The van der Waals surface area contributed by atoms with Crippen molar-refractivity contribution in [2.75, 3.05) is 44.7 Å². The Balaban J connectivity index is 1.56. The van der Waals surface area contributed by atoms with E-state index in [1.165, 1.54) is 21.6 Å². The molecule has 2 heterocycles. The summed E-state index contributed by atoms with van der Waals surface area (Å²) in [5.41, 5.74) is 40.6. The van der Waals surface area contributed by atoms with Crippen molar-refractivity contribution in [1.29, 1.82) is 0 Å². The highest BCUT2D eigenvalue weighted by molar-refractivity contribution is 7.98. The Kier molecular flexibility index (Phi) is 33.9. The van der Waals surface area contributed by atoms with Gasteiger partial charge in [0.15, 0.2) is 5.96 Å². The second-order valence-corrected chi connectivity index (χ2v) is 25.1. The van der Waals surface area contributed by atoms with Crippen LogP contribution in [0, 0.1) is 5.92 Å². The van der Waals surface area contributed by atoms with E-state index in [-0.39, 0.29) is 83.0 Å². The molecule has 2 fully saturated rings. The third-order valence-corrected chi connectivity index (χ3v) is 16.7. The number of carbonyl (C=O) groups is 13. The molecule has 0 radical (unpaired) electrons. The first-order chi connectivity index (χ1) is 45.2. The summed E-state index contributed by atoms with van der Waals surface area (Å²) in [5.74, 6) is -9.80. The first-order valence-electron chi connectivity index (χ1n) is 32.2. The number of hydrogen-bond donors (Lipinski definition) is 15. The number of carbonyl (C=O) groups excluding carboxylic acids is 13. The number of benzene rings is 2. The topological polar surface area (TPSA) is 519 Å². The van der Waals surface area contributed by atoms with Gasteiger partial charge in [-0.2, -0.15) is 11.8 Å². The molecule has 0 aliphatic carbocycles. The molecule has 0 bridgehead atoms. The van der Waals surface area contributed by atoms with E-state index in [0.29, 0.717) is 55.4 Å². The van der Waals surface area contributed by atoms with Crippen molar-refractivity contribution in [1.82, 2.24) is 52.3 Å². The second kappa shape index (κ2) is 41.0. The molecular weight excluding hydrogens is 1250 g/mol. The van der Waals surface area contributed by atoms with Gasteiger partial charge in [-0.05, 0) is 119 Å². The van der Waals surface area contributed by atoms with Crippen LogP contribution in [0.3, 0.4) is 0 Å². The van der Waals surface area contributed by atoms with Gasteiger partial charge in [0.25, 0.3) is 0 Å². The van der Waals surface area contributed by atoms with Crippen LogP contribution in [0.2, 0.25) is 0 Å². The maximum Gasteiger partial charge on any atom is 0.245 e. The van der Waals surface area contributed by atoms with Crippen LogP contribution >= 0.6 is 11.8 Å². The molecule has 0 saturated carbocycles. The summed E-state index contributed by atoms with van der Waals surface area (Å²) in [4.78, 5) is 185. The normalized spacial score (nSPS) is 16.8. The molecule has 13 amide bonds. The fourth-order valence-electron chi connectivity index (χ4n) is 11.0. The van der Waals surface area contributed by atoms with Gasteiger partial charge in [-0.3, -0.25) is 67.3 Å². The summed E-state index contributed by atoms with van der Waals surface area (Å²) >= 11 is 1.45. The maximum absolute atomic E-state index is 14.7. The van der Waals surface area contributed by atoms with Crippen molar-refractivity contribution in [3.63, 3.8) is 0 Å². The highest BCUT2D eigenvalue weighted by Crippen LogP contribution is 2.24. The summed E-state index contributed by atoms with van der Waals surface area (Å²) in [6.07, 6.45) is 3.12. The molecule has 32 heteroatoms. The fraction of sp³-hybridized carbons (Fsp3) is 0.587. The molecule has 2 aliphatic rings. The van der Waals surface area contributed by atoms with Crippen LogP contribution in [-0.4, -0.2) is 198 Å². The predicted octanol–water partition coefficient (Wildman–Crippen LogP) is -3.71. The lowest BCUT2D eigenvalue weighted by atomic mass is 10.0. The summed E-state index contributed by atoms with van der Waals surface area (Å²) < 4.78 is 0. The molecule has 2 aromatic rings. The number of likely N-dealkylation sites (tertiary alicyclic amines) is 2. The van der Waals surface area contributed by atoms with E-state index >= 15 is 0 Å². The van der Waals surface area contributed by atoms with E-state index in [0.717, 1.165) is 0 Å². The van der Waals surface area contributed by atoms with E-state index in [9.17, 15) is 62.3 Å². The Hall–Kier alpha value is -8.91. The number of rotatable bonds is 42. The number of thioether (sulfide) groups is 1. The third kappa shape index (κ3) is 27.5. The average Bonchev–Trinajstić information content (AvgIpc) is 1.74. The summed E-state index contributed by atoms with van der Waals surface area (Å²) in [7, 11) is 0. The molecule has 2 saturated heterocycles. The van der Waals surface area contributed by atoms with Gasteiger partial charge in [0.2, 0.25) is 76.8 Å². The monoisotopic (exact) mass is 1350 g/mol. The zero-order valence-electron chi connectivity index (χ0n) is 54.5. The quantitative estimate of drug-likeness (QED) is 0.0173. The molecule has 22 N–H and O–H groups in total. The van der Waals surface area contributed by atoms with Crippen molar-refractivity contribution in [3.8, 4) is 0 Å². The molecule has 95 heavy (non-hydrogen) atoms. The number of guanidine groups is 1. The lowest BCUT2D eigenvalue weighted by molar-refractivity contribution is -0.144. The first-order valence-corrected chi connectivity index (χ1v) is 33.6. The third-order valence-electron chi connectivity index (χ3n) is 16.0. The lowest BCUT2D eigenvalue weighted by Gasteiger charge is -2.32. The minimum Gasteiger partial charge on any atom is -0.370 e. The SMILES string of the molecule is CSCC[C@H](NC(=O)[C@H](CC(C)C)NC(=O)CNC(=O)[C@@H](Cc1ccccc1)NC(=O)[C@@H](Cc1ccccc1)NC(=O)[C@H](CCC(N)=O)NC(=O)[C@H](CCC(N)=O)NC(=O)[C@H]1CCCN1C(=O)[C@H](CCCCN)NC(=O)[C@H]1CCCN1C(=O)[C@H](N)CCCN=C(N)N)C(N)=O. The second-order valence-electron chi connectivity index (χ2n) is 24.1. The molecule has 0 unspecified atom stereocenters. The van der Waals surface area contributed by atoms with Gasteiger partial charge in [0.05, 0.1) is 12.6 Å². The van der Waals surface area contributed by atoms with Gasteiger partial charge >= 0.3 is 0 Å². The predicted molar refractivity (Wildman–Crippen MR) is 356 cm³/mol.